The van der Waals surface area contributed by atoms with E-state index in [-0.39, 0.29) is 19.1 Å². The maximum absolute atomic E-state index is 9.05. The average molecular weight is 389 g/mol. The van der Waals surface area contributed by atoms with Gasteiger partial charge in [-0.2, -0.15) is 0 Å². The van der Waals surface area contributed by atoms with Crippen molar-refractivity contribution in [3.63, 3.8) is 0 Å². The van der Waals surface area contributed by atoms with Gasteiger partial charge in [0, 0.05) is 13.0 Å². The molecule has 0 aromatic heterocycles. The van der Waals surface area contributed by atoms with Crippen molar-refractivity contribution in [1.82, 2.24) is 0 Å². The molecule has 2 aromatic rings. The van der Waals surface area contributed by atoms with Crippen LogP contribution >= 0.6 is 0 Å². The minimum Gasteiger partial charge on any atom is -0.493 e. The summed E-state index contributed by atoms with van der Waals surface area (Å²) in [6.45, 7) is 10.0. The standard InChI is InChI=1S/C19H24O4.C3H6.CH2O/c1-14-3-8-19(17(9-14)13-22-2)16-4-6-18(7-5-16)23-12-15(10-20)11-21;1-3-2;1-2/h3-9,15,20-21H,10-13H2,1-2H3;3H,1H2,2H3;1H2. The topological polar surface area (TPSA) is 76.0 Å². The van der Waals surface area contributed by atoms with Crippen LogP contribution in [0.3, 0.4) is 0 Å². The highest BCUT2D eigenvalue weighted by Gasteiger charge is 2.08. The second-order valence-corrected chi connectivity index (χ2v) is 6.07. The number of hydrogen-bond donors (Lipinski definition) is 2. The molecule has 0 saturated carbocycles. The van der Waals surface area contributed by atoms with E-state index in [0.717, 1.165) is 22.4 Å². The number of aliphatic hydroxyl groups excluding tert-OH is 2. The normalized spacial score (nSPS) is 9.64. The first-order valence-corrected chi connectivity index (χ1v) is 8.98. The molecule has 2 aromatic carbocycles. The maximum atomic E-state index is 9.05. The first-order valence-electron chi connectivity index (χ1n) is 8.98. The molecule has 0 radical (unpaired) electrons. The molecule has 5 nitrogen and oxygen atoms in total. The van der Waals surface area contributed by atoms with Gasteiger partial charge in [-0.3, -0.25) is 0 Å². The lowest BCUT2D eigenvalue weighted by Crippen LogP contribution is -2.19. The summed E-state index contributed by atoms with van der Waals surface area (Å²) in [5, 5.41) is 18.1. The van der Waals surface area contributed by atoms with E-state index >= 15 is 0 Å². The van der Waals surface area contributed by atoms with Gasteiger partial charge >= 0.3 is 0 Å². The van der Waals surface area contributed by atoms with Crippen LogP contribution in [0.1, 0.15) is 18.1 Å². The summed E-state index contributed by atoms with van der Waals surface area (Å²) in [5.74, 6) is 0.473. The van der Waals surface area contributed by atoms with Gasteiger partial charge in [0.25, 0.3) is 0 Å². The van der Waals surface area contributed by atoms with E-state index in [4.69, 9.17) is 24.5 Å². The first-order chi connectivity index (χ1) is 13.6. The molecular formula is C23H32O5. The molecule has 0 bridgehead atoms. The Balaban J connectivity index is 0.00000133. The van der Waals surface area contributed by atoms with E-state index in [0.29, 0.717) is 13.2 Å². The lowest BCUT2D eigenvalue weighted by molar-refractivity contribution is -0.0980. The van der Waals surface area contributed by atoms with Crippen LogP contribution in [-0.2, 0) is 16.1 Å². The van der Waals surface area contributed by atoms with Gasteiger partial charge in [0.2, 0.25) is 0 Å². The van der Waals surface area contributed by atoms with E-state index < -0.39 is 0 Å². The fourth-order valence-electron chi connectivity index (χ4n) is 2.39. The molecule has 2 N–H and O–H groups in total. The summed E-state index contributed by atoms with van der Waals surface area (Å²) >= 11 is 0. The van der Waals surface area contributed by atoms with Crippen molar-refractivity contribution in [2.75, 3.05) is 26.9 Å². The summed E-state index contributed by atoms with van der Waals surface area (Å²) < 4.78 is 10.9. The third-order valence-electron chi connectivity index (χ3n) is 3.73. The Bertz CT molecular complexity index is 663. The molecule has 0 fully saturated rings. The highest BCUT2D eigenvalue weighted by Crippen LogP contribution is 2.27. The summed E-state index contributed by atoms with van der Waals surface area (Å²) in [7, 11) is 1.70. The van der Waals surface area contributed by atoms with Gasteiger partial charge in [-0.25, -0.2) is 0 Å². The van der Waals surface area contributed by atoms with E-state index in [1.165, 1.54) is 5.56 Å². The first kappa shape index (κ1) is 25.5. The van der Waals surface area contributed by atoms with Crippen molar-refractivity contribution >= 4 is 6.79 Å². The molecule has 0 aliphatic heterocycles. The van der Waals surface area contributed by atoms with Crippen LogP contribution in [0.15, 0.2) is 55.1 Å². The molecular weight excluding hydrogens is 356 g/mol. The van der Waals surface area contributed by atoms with Crippen molar-refractivity contribution in [2.45, 2.75) is 20.5 Å². The van der Waals surface area contributed by atoms with Crippen LogP contribution in [0.5, 0.6) is 5.75 Å². The number of carbonyl (C=O) groups is 1. The lowest BCUT2D eigenvalue weighted by Gasteiger charge is -2.14. The molecule has 28 heavy (non-hydrogen) atoms. The highest BCUT2D eigenvalue weighted by atomic mass is 16.5. The van der Waals surface area contributed by atoms with Crippen LogP contribution in [0.25, 0.3) is 11.1 Å². The summed E-state index contributed by atoms with van der Waals surface area (Å²) in [6.07, 6.45) is 1.75. The number of hydrogen-bond acceptors (Lipinski definition) is 5. The minimum atomic E-state index is -0.250. The Morgan fingerprint density at radius 2 is 1.64 bits per heavy atom. The second kappa shape index (κ2) is 15.6. The van der Waals surface area contributed by atoms with Crippen LogP contribution in [-0.4, -0.2) is 43.9 Å². The Morgan fingerprint density at radius 3 is 2.14 bits per heavy atom. The predicted molar refractivity (Wildman–Crippen MR) is 113 cm³/mol. The quantitative estimate of drug-likeness (QED) is 0.673. The van der Waals surface area contributed by atoms with E-state index in [9.17, 15) is 0 Å². The van der Waals surface area contributed by atoms with Gasteiger partial charge < -0.3 is 24.5 Å². The van der Waals surface area contributed by atoms with Gasteiger partial charge in [-0.15, -0.1) is 6.58 Å². The largest absolute Gasteiger partial charge is 0.493 e. The molecule has 5 heteroatoms. The third kappa shape index (κ3) is 8.95. The van der Waals surface area contributed by atoms with Crippen molar-refractivity contribution < 1.29 is 24.5 Å². The van der Waals surface area contributed by atoms with E-state index in [1.54, 1.807) is 13.2 Å². The summed E-state index contributed by atoms with van der Waals surface area (Å²) in [4.78, 5) is 8.00. The SMILES string of the molecule is C=CC.C=O.COCc1cc(C)ccc1-c1ccc(OCC(CO)CO)cc1. The molecule has 0 heterocycles. The maximum Gasteiger partial charge on any atom is 0.119 e. The summed E-state index contributed by atoms with van der Waals surface area (Å²) in [6, 6.07) is 14.1. The van der Waals surface area contributed by atoms with Gasteiger partial charge in [-0.05, 0) is 42.7 Å². The molecule has 0 aliphatic carbocycles. The second-order valence-electron chi connectivity index (χ2n) is 6.07. The Hall–Kier alpha value is -2.47. The molecule has 2 rings (SSSR count). The monoisotopic (exact) mass is 388 g/mol. The fraction of sp³-hybridized carbons (Fsp3) is 0.348. The summed E-state index contributed by atoms with van der Waals surface area (Å²) in [5.41, 5.74) is 4.61. The van der Waals surface area contributed by atoms with Gasteiger partial charge in [0.05, 0.1) is 26.4 Å². The zero-order chi connectivity index (χ0) is 21.4. The molecule has 0 spiro atoms. The van der Waals surface area contributed by atoms with E-state index in [2.05, 4.69) is 31.7 Å². The number of allylic oxidation sites excluding steroid dienone is 1. The van der Waals surface area contributed by atoms with Crippen LogP contribution in [0.2, 0.25) is 0 Å². The van der Waals surface area contributed by atoms with Gasteiger partial charge in [0.1, 0.15) is 12.5 Å². The number of carbonyl (C=O) groups excluding carboxylic acids is 1. The smallest absolute Gasteiger partial charge is 0.119 e. The number of aryl methyl sites for hydroxylation is 1. The highest BCUT2D eigenvalue weighted by molar-refractivity contribution is 5.68. The minimum absolute atomic E-state index is 0.0850. The lowest BCUT2D eigenvalue weighted by atomic mass is 9.98. The molecule has 0 saturated heterocycles. The molecule has 0 unspecified atom stereocenters. The fourth-order valence-corrected chi connectivity index (χ4v) is 2.39. The van der Waals surface area contributed by atoms with Gasteiger partial charge in [0.15, 0.2) is 0 Å². The molecule has 0 amide bonds. The Kier molecular flexibility index (Phi) is 14.2. The molecule has 154 valence electrons. The Labute approximate surface area is 168 Å². The number of aliphatic hydroxyl groups is 2. The van der Waals surface area contributed by atoms with Crippen molar-refractivity contribution in [1.29, 1.82) is 0 Å². The predicted octanol–water partition coefficient (Wildman–Crippen LogP) is 3.80. The Morgan fingerprint density at radius 1 is 1.07 bits per heavy atom. The van der Waals surface area contributed by atoms with Crippen molar-refractivity contribution in [3.05, 3.63) is 66.2 Å². The molecule has 0 aliphatic rings. The zero-order valence-electron chi connectivity index (χ0n) is 17.1. The average Bonchev–Trinajstić information content (AvgIpc) is 2.72. The number of ether oxygens (including phenoxy) is 2. The van der Waals surface area contributed by atoms with Crippen molar-refractivity contribution in [3.8, 4) is 16.9 Å². The number of methoxy groups -OCH3 is 1. The van der Waals surface area contributed by atoms with Gasteiger partial charge in [-0.1, -0.05) is 42.0 Å². The number of rotatable bonds is 8. The zero-order valence-corrected chi connectivity index (χ0v) is 17.1. The van der Waals surface area contributed by atoms with Crippen LogP contribution < -0.4 is 4.74 Å². The number of benzene rings is 2. The molecule has 0 atom stereocenters. The van der Waals surface area contributed by atoms with Crippen molar-refractivity contribution in [2.24, 2.45) is 5.92 Å². The van der Waals surface area contributed by atoms with Crippen LogP contribution in [0.4, 0.5) is 0 Å². The van der Waals surface area contributed by atoms with Crippen LogP contribution in [0, 0.1) is 12.8 Å². The third-order valence-corrected chi connectivity index (χ3v) is 3.73. The van der Waals surface area contributed by atoms with E-state index in [1.807, 2.05) is 38.0 Å².